The molecule has 1 N–H and O–H groups in total. The summed E-state index contributed by atoms with van der Waals surface area (Å²) in [6.07, 6.45) is 3.87. The third kappa shape index (κ3) is 2.82. The van der Waals surface area contributed by atoms with Crippen LogP contribution in [0.1, 0.15) is 25.1 Å². The zero-order valence-corrected chi connectivity index (χ0v) is 12.3. The first-order valence-corrected chi connectivity index (χ1v) is 7.63. The van der Waals surface area contributed by atoms with Crippen molar-refractivity contribution in [2.45, 2.75) is 32.4 Å². The van der Waals surface area contributed by atoms with Crippen molar-refractivity contribution in [2.75, 3.05) is 19.7 Å². The molecule has 2 heterocycles. The van der Waals surface area contributed by atoms with E-state index in [-0.39, 0.29) is 6.61 Å². The molecule has 1 aromatic carbocycles. The van der Waals surface area contributed by atoms with Gasteiger partial charge in [-0.3, -0.25) is 4.90 Å². The molecule has 4 nitrogen and oxygen atoms in total. The van der Waals surface area contributed by atoms with Crippen LogP contribution < -0.4 is 0 Å². The lowest BCUT2D eigenvalue weighted by Crippen LogP contribution is -2.30. The van der Waals surface area contributed by atoms with Gasteiger partial charge in [0.2, 0.25) is 0 Å². The second kappa shape index (κ2) is 6.12. The van der Waals surface area contributed by atoms with Gasteiger partial charge >= 0.3 is 0 Å². The summed E-state index contributed by atoms with van der Waals surface area (Å²) in [6.45, 7) is 3.82. The summed E-state index contributed by atoms with van der Waals surface area (Å²) < 4.78 is 2.09. The van der Waals surface area contributed by atoms with Gasteiger partial charge < -0.3 is 9.67 Å². The summed E-state index contributed by atoms with van der Waals surface area (Å²) in [4.78, 5) is 7.16. The van der Waals surface area contributed by atoms with Crippen molar-refractivity contribution in [1.29, 1.82) is 0 Å². The van der Waals surface area contributed by atoms with E-state index in [2.05, 4.69) is 9.47 Å². The predicted octanol–water partition coefficient (Wildman–Crippen LogP) is 2.67. The highest BCUT2D eigenvalue weighted by Crippen LogP contribution is 2.22. The number of aliphatic hydroxyl groups is 1. The molecular formula is C15H20ClN3O. The van der Waals surface area contributed by atoms with E-state index in [0.717, 1.165) is 36.5 Å². The van der Waals surface area contributed by atoms with Gasteiger partial charge in [-0.15, -0.1) is 0 Å². The second-order valence-electron chi connectivity index (χ2n) is 5.37. The molecule has 0 saturated carbocycles. The molecule has 2 aromatic rings. The van der Waals surface area contributed by atoms with Gasteiger partial charge in [0.15, 0.2) is 0 Å². The lowest BCUT2D eigenvalue weighted by Gasteiger charge is -2.26. The molecular weight excluding hydrogens is 274 g/mol. The van der Waals surface area contributed by atoms with E-state index >= 15 is 0 Å². The Bertz CT molecular complexity index is 590. The number of fused-ring (bicyclic) bond motifs is 1. The van der Waals surface area contributed by atoms with Crippen LogP contribution in [0.25, 0.3) is 11.0 Å². The Morgan fingerprint density at radius 1 is 1.20 bits per heavy atom. The van der Waals surface area contributed by atoms with Crippen LogP contribution in [0.3, 0.4) is 0 Å². The highest BCUT2D eigenvalue weighted by Gasteiger charge is 2.16. The van der Waals surface area contributed by atoms with Crippen molar-refractivity contribution in [3.8, 4) is 0 Å². The SMILES string of the molecule is OCCn1c(CN2CCCCC2)nc2ccc(Cl)cc21. The summed E-state index contributed by atoms with van der Waals surface area (Å²) in [7, 11) is 0. The third-order valence-electron chi connectivity index (χ3n) is 3.93. The Hall–Kier alpha value is -1.10. The van der Waals surface area contributed by atoms with Crippen molar-refractivity contribution < 1.29 is 5.11 Å². The van der Waals surface area contributed by atoms with E-state index in [1.807, 2.05) is 18.2 Å². The highest BCUT2D eigenvalue weighted by molar-refractivity contribution is 6.31. The number of hydrogen-bond donors (Lipinski definition) is 1. The van der Waals surface area contributed by atoms with Crippen LogP contribution in [0.4, 0.5) is 0 Å². The van der Waals surface area contributed by atoms with E-state index in [1.54, 1.807) is 0 Å². The summed E-state index contributed by atoms with van der Waals surface area (Å²) in [5.74, 6) is 1.03. The summed E-state index contributed by atoms with van der Waals surface area (Å²) in [5, 5.41) is 10.0. The molecule has 0 atom stereocenters. The number of aromatic nitrogens is 2. The van der Waals surface area contributed by atoms with Gasteiger partial charge in [0.25, 0.3) is 0 Å². The van der Waals surface area contributed by atoms with Crippen LogP contribution in [0.2, 0.25) is 5.02 Å². The number of hydrogen-bond acceptors (Lipinski definition) is 3. The van der Waals surface area contributed by atoms with Crippen molar-refractivity contribution >= 4 is 22.6 Å². The number of rotatable bonds is 4. The zero-order valence-electron chi connectivity index (χ0n) is 11.6. The van der Waals surface area contributed by atoms with Gasteiger partial charge in [0.1, 0.15) is 5.82 Å². The number of imidazole rings is 1. The summed E-state index contributed by atoms with van der Waals surface area (Å²) in [6, 6.07) is 5.75. The van der Waals surface area contributed by atoms with Gasteiger partial charge in [-0.25, -0.2) is 4.98 Å². The maximum Gasteiger partial charge on any atom is 0.124 e. The average molecular weight is 294 g/mol. The number of likely N-dealkylation sites (tertiary alicyclic amines) is 1. The normalized spacial score (nSPS) is 16.9. The quantitative estimate of drug-likeness (QED) is 0.942. The first-order chi connectivity index (χ1) is 9.78. The Morgan fingerprint density at radius 3 is 2.75 bits per heavy atom. The van der Waals surface area contributed by atoms with E-state index in [9.17, 15) is 5.11 Å². The maximum atomic E-state index is 9.30. The monoisotopic (exact) mass is 293 g/mol. The number of halogens is 1. The van der Waals surface area contributed by atoms with Gasteiger partial charge in [0.05, 0.1) is 24.2 Å². The second-order valence-corrected chi connectivity index (χ2v) is 5.81. The minimum absolute atomic E-state index is 0.116. The fraction of sp³-hybridized carbons (Fsp3) is 0.533. The van der Waals surface area contributed by atoms with Crippen LogP contribution in [0, 0.1) is 0 Å². The maximum absolute atomic E-state index is 9.30. The molecule has 0 unspecified atom stereocenters. The molecule has 3 rings (SSSR count). The molecule has 1 aromatic heterocycles. The van der Waals surface area contributed by atoms with Gasteiger partial charge in [-0.05, 0) is 44.1 Å². The topological polar surface area (TPSA) is 41.3 Å². The van der Waals surface area contributed by atoms with E-state index in [0.29, 0.717) is 11.6 Å². The van der Waals surface area contributed by atoms with Gasteiger partial charge in [-0.1, -0.05) is 18.0 Å². The van der Waals surface area contributed by atoms with E-state index in [1.165, 1.54) is 19.3 Å². The van der Waals surface area contributed by atoms with Crippen molar-refractivity contribution in [3.63, 3.8) is 0 Å². The number of benzene rings is 1. The molecule has 20 heavy (non-hydrogen) atoms. The van der Waals surface area contributed by atoms with Crippen LogP contribution >= 0.6 is 11.6 Å². The summed E-state index contributed by atoms with van der Waals surface area (Å²) in [5.41, 5.74) is 1.97. The van der Waals surface area contributed by atoms with Crippen molar-refractivity contribution in [2.24, 2.45) is 0 Å². The third-order valence-corrected chi connectivity index (χ3v) is 4.16. The zero-order chi connectivity index (χ0) is 13.9. The minimum Gasteiger partial charge on any atom is -0.395 e. The Kier molecular flexibility index (Phi) is 4.24. The largest absolute Gasteiger partial charge is 0.395 e. The van der Waals surface area contributed by atoms with Crippen LogP contribution in [0.15, 0.2) is 18.2 Å². The standard InChI is InChI=1S/C15H20ClN3O/c16-12-4-5-13-14(10-12)19(8-9-20)15(17-13)11-18-6-2-1-3-7-18/h4-5,10,20H,1-3,6-9,11H2. The summed E-state index contributed by atoms with van der Waals surface area (Å²) >= 11 is 6.08. The lowest BCUT2D eigenvalue weighted by atomic mass is 10.1. The van der Waals surface area contributed by atoms with Crippen LogP contribution in [-0.2, 0) is 13.1 Å². The lowest BCUT2D eigenvalue weighted by molar-refractivity contribution is 0.210. The molecule has 1 fully saturated rings. The first-order valence-electron chi connectivity index (χ1n) is 7.26. The number of aliphatic hydroxyl groups excluding tert-OH is 1. The molecule has 0 spiro atoms. The highest BCUT2D eigenvalue weighted by atomic mass is 35.5. The molecule has 0 aliphatic carbocycles. The Balaban J connectivity index is 1.93. The van der Waals surface area contributed by atoms with Crippen molar-refractivity contribution in [1.82, 2.24) is 14.5 Å². The molecule has 1 aliphatic rings. The minimum atomic E-state index is 0.116. The fourth-order valence-electron chi connectivity index (χ4n) is 2.93. The van der Waals surface area contributed by atoms with Crippen molar-refractivity contribution in [3.05, 3.63) is 29.0 Å². The molecule has 1 saturated heterocycles. The predicted molar refractivity (Wildman–Crippen MR) is 81.0 cm³/mol. The molecule has 0 bridgehead atoms. The first kappa shape index (κ1) is 13.9. The Morgan fingerprint density at radius 2 is 2.00 bits per heavy atom. The van der Waals surface area contributed by atoms with E-state index < -0.39 is 0 Å². The average Bonchev–Trinajstić information content (AvgIpc) is 2.78. The molecule has 0 radical (unpaired) electrons. The number of piperidine rings is 1. The smallest absolute Gasteiger partial charge is 0.124 e. The van der Waals surface area contributed by atoms with Crippen LogP contribution in [-0.4, -0.2) is 39.3 Å². The van der Waals surface area contributed by atoms with E-state index in [4.69, 9.17) is 16.6 Å². The molecule has 1 aliphatic heterocycles. The Labute approximate surface area is 124 Å². The number of nitrogens with zero attached hydrogens (tertiary/aromatic N) is 3. The van der Waals surface area contributed by atoms with Gasteiger partial charge in [-0.2, -0.15) is 0 Å². The molecule has 0 amide bonds. The van der Waals surface area contributed by atoms with Crippen LogP contribution in [0.5, 0.6) is 0 Å². The molecule has 5 heteroatoms. The fourth-order valence-corrected chi connectivity index (χ4v) is 3.10. The van der Waals surface area contributed by atoms with Gasteiger partial charge in [0, 0.05) is 11.6 Å². The molecule has 108 valence electrons.